The number of rotatable bonds is 9. The smallest absolute Gasteiger partial charge is 0.191 e. The molecule has 0 saturated carbocycles. The molecule has 160 valence electrons. The summed E-state index contributed by atoms with van der Waals surface area (Å²) in [6.07, 6.45) is 7.61. The van der Waals surface area contributed by atoms with Crippen molar-refractivity contribution in [1.82, 2.24) is 25.2 Å². The zero-order chi connectivity index (χ0) is 19.6. The number of nitrogens with one attached hydrogen (secondary N) is 2. The maximum atomic E-state index is 5.72. The first kappa shape index (κ1) is 23.6. The van der Waals surface area contributed by atoms with Crippen LogP contribution in [0.3, 0.4) is 0 Å². The number of ether oxygens (including phenoxy) is 2. The third kappa shape index (κ3) is 7.56. The molecule has 0 radical (unpaired) electrons. The summed E-state index contributed by atoms with van der Waals surface area (Å²) in [5.74, 6) is 3.13. The van der Waals surface area contributed by atoms with Gasteiger partial charge in [0.05, 0.1) is 13.2 Å². The van der Waals surface area contributed by atoms with Crippen LogP contribution in [0.2, 0.25) is 0 Å². The van der Waals surface area contributed by atoms with Gasteiger partial charge in [0.15, 0.2) is 5.96 Å². The van der Waals surface area contributed by atoms with E-state index in [1.165, 1.54) is 0 Å². The van der Waals surface area contributed by atoms with Crippen LogP contribution in [0.5, 0.6) is 0 Å². The molecule has 0 aromatic carbocycles. The standard InChI is InChI=1S/C20H30N6O2.HI/c1-16-22-8-9-26(16)19-5-4-17(12-24-19)13-25-20(21-2)23-7-3-10-27-14-18-6-11-28-15-18;/h4-5,8-9,12,18H,3,6-7,10-11,13-15H2,1-2H3,(H2,21,23,25);1H. The normalized spacial score (nSPS) is 16.5. The van der Waals surface area contributed by atoms with Crippen LogP contribution in [0.25, 0.3) is 5.82 Å². The van der Waals surface area contributed by atoms with Crippen LogP contribution in [0.15, 0.2) is 35.7 Å². The lowest BCUT2D eigenvalue weighted by Crippen LogP contribution is -2.37. The van der Waals surface area contributed by atoms with Crippen LogP contribution in [0, 0.1) is 12.8 Å². The lowest BCUT2D eigenvalue weighted by atomic mass is 10.1. The van der Waals surface area contributed by atoms with Gasteiger partial charge < -0.3 is 20.1 Å². The molecular formula is C20H31IN6O2. The molecule has 1 aliphatic heterocycles. The second-order valence-corrected chi connectivity index (χ2v) is 6.88. The SMILES string of the molecule is CN=C(NCCCOCC1CCOC1)NCc1ccc(-n2ccnc2C)nc1.I. The maximum absolute atomic E-state index is 5.72. The van der Waals surface area contributed by atoms with E-state index in [4.69, 9.17) is 9.47 Å². The van der Waals surface area contributed by atoms with Crippen molar-refractivity contribution in [2.75, 3.05) is 40.0 Å². The van der Waals surface area contributed by atoms with Crippen LogP contribution in [0.1, 0.15) is 24.2 Å². The van der Waals surface area contributed by atoms with Crippen molar-refractivity contribution in [3.63, 3.8) is 0 Å². The summed E-state index contributed by atoms with van der Waals surface area (Å²) >= 11 is 0. The third-order valence-corrected chi connectivity index (χ3v) is 4.70. The van der Waals surface area contributed by atoms with Crippen molar-refractivity contribution < 1.29 is 9.47 Å². The van der Waals surface area contributed by atoms with Gasteiger partial charge in [-0.2, -0.15) is 0 Å². The largest absolute Gasteiger partial charge is 0.381 e. The van der Waals surface area contributed by atoms with Crippen LogP contribution in [-0.4, -0.2) is 60.5 Å². The number of hydrogen-bond acceptors (Lipinski definition) is 5. The maximum Gasteiger partial charge on any atom is 0.191 e. The summed E-state index contributed by atoms with van der Waals surface area (Å²) in [5.41, 5.74) is 1.09. The number of imidazole rings is 1. The van der Waals surface area contributed by atoms with E-state index in [0.717, 1.165) is 69.0 Å². The molecule has 3 rings (SSSR count). The van der Waals surface area contributed by atoms with Gasteiger partial charge in [-0.15, -0.1) is 24.0 Å². The highest BCUT2D eigenvalue weighted by Gasteiger charge is 2.15. The average molecular weight is 514 g/mol. The van der Waals surface area contributed by atoms with Crippen molar-refractivity contribution in [3.05, 3.63) is 42.1 Å². The first-order valence-electron chi connectivity index (χ1n) is 9.81. The summed E-state index contributed by atoms with van der Waals surface area (Å²) in [7, 11) is 1.77. The summed E-state index contributed by atoms with van der Waals surface area (Å²) in [5, 5.41) is 6.62. The summed E-state index contributed by atoms with van der Waals surface area (Å²) in [4.78, 5) is 13.0. The minimum absolute atomic E-state index is 0. The summed E-state index contributed by atoms with van der Waals surface area (Å²) in [6.45, 7) is 6.70. The highest BCUT2D eigenvalue weighted by Crippen LogP contribution is 2.12. The topological polar surface area (TPSA) is 85.6 Å². The second-order valence-electron chi connectivity index (χ2n) is 6.88. The lowest BCUT2D eigenvalue weighted by Gasteiger charge is -2.13. The Morgan fingerprint density at radius 3 is 2.90 bits per heavy atom. The molecule has 1 aliphatic rings. The lowest BCUT2D eigenvalue weighted by molar-refractivity contribution is 0.0888. The number of halogens is 1. The Bertz CT molecular complexity index is 744. The molecule has 2 N–H and O–H groups in total. The van der Waals surface area contributed by atoms with Gasteiger partial charge in [-0.25, -0.2) is 9.97 Å². The summed E-state index contributed by atoms with van der Waals surface area (Å²) < 4.78 is 13.0. The van der Waals surface area contributed by atoms with Gasteiger partial charge in [0.2, 0.25) is 0 Å². The Kier molecular flexibility index (Phi) is 10.4. The number of nitrogens with zero attached hydrogens (tertiary/aromatic N) is 4. The van der Waals surface area contributed by atoms with E-state index in [9.17, 15) is 0 Å². The van der Waals surface area contributed by atoms with E-state index in [1.807, 2.05) is 30.0 Å². The highest BCUT2D eigenvalue weighted by molar-refractivity contribution is 14.0. The molecule has 1 unspecified atom stereocenters. The predicted molar refractivity (Wildman–Crippen MR) is 124 cm³/mol. The molecule has 0 aliphatic carbocycles. The molecule has 1 atom stereocenters. The van der Waals surface area contributed by atoms with Crippen LogP contribution < -0.4 is 10.6 Å². The van der Waals surface area contributed by atoms with Gasteiger partial charge >= 0.3 is 0 Å². The molecule has 29 heavy (non-hydrogen) atoms. The van der Waals surface area contributed by atoms with Gasteiger partial charge in [-0.3, -0.25) is 9.56 Å². The molecule has 2 aromatic rings. The Morgan fingerprint density at radius 1 is 1.34 bits per heavy atom. The number of hydrogen-bond donors (Lipinski definition) is 2. The number of aromatic nitrogens is 3. The van der Waals surface area contributed by atoms with E-state index < -0.39 is 0 Å². The van der Waals surface area contributed by atoms with E-state index in [1.54, 1.807) is 13.2 Å². The third-order valence-electron chi connectivity index (χ3n) is 4.70. The Hall–Kier alpha value is -1.72. The van der Waals surface area contributed by atoms with Gasteiger partial charge in [0.25, 0.3) is 0 Å². The minimum Gasteiger partial charge on any atom is -0.381 e. The van der Waals surface area contributed by atoms with Crippen molar-refractivity contribution >= 4 is 29.9 Å². The molecule has 2 aromatic heterocycles. The fraction of sp³-hybridized carbons (Fsp3) is 0.550. The van der Waals surface area contributed by atoms with Gasteiger partial charge in [0.1, 0.15) is 11.6 Å². The molecule has 8 nitrogen and oxygen atoms in total. The highest BCUT2D eigenvalue weighted by atomic mass is 127. The molecule has 0 amide bonds. The van der Waals surface area contributed by atoms with Crippen molar-refractivity contribution in [2.45, 2.75) is 26.3 Å². The first-order valence-corrected chi connectivity index (χ1v) is 9.81. The van der Waals surface area contributed by atoms with E-state index in [-0.39, 0.29) is 24.0 Å². The molecule has 0 spiro atoms. The predicted octanol–water partition coefficient (Wildman–Crippen LogP) is 2.30. The number of aliphatic imine (C=N–C) groups is 1. The number of aryl methyl sites for hydroxylation is 1. The monoisotopic (exact) mass is 514 g/mol. The average Bonchev–Trinajstić information content (AvgIpc) is 3.39. The molecule has 1 fully saturated rings. The zero-order valence-electron chi connectivity index (χ0n) is 17.1. The molecule has 0 bridgehead atoms. The second kappa shape index (κ2) is 12.8. The Balaban J connectivity index is 0.00000300. The Morgan fingerprint density at radius 2 is 2.24 bits per heavy atom. The van der Waals surface area contributed by atoms with Crippen molar-refractivity contribution in [1.29, 1.82) is 0 Å². The van der Waals surface area contributed by atoms with Crippen molar-refractivity contribution in [2.24, 2.45) is 10.9 Å². The molecular weight excluding hydrogens is 483 g/mol. The van der Waals surface area contributed by atoms with Crippen molar-refractivity contribution in [3.8, 4) is 5.82 Å². The molecule has 9 heteroatoms. The fourth-order valence-corrected chi connectivity index (χ4v) is 3.04. The van der Waals surface area contributed by atoms with Crippen LogP contribution >= 0.6 is 24.0 Å². The zero-order valence-corrected chi connectivity index (χ0v) is 19.5. The quantitative estimate of drug-likeness (QED) is 0.231. The number of guanidine groups is 1. The molecule has 1 saturated heterocycles. The first-order chi connectivity index (χ1) is 13.8. The van der Waals surface area contributed by atoms with Gasteiger partial charge in [-0.1, -0.05) is 6.07 Å². The molecule has 3 heterocycles. The fourth-order valence-electron chi connectivity index (χ4n) is 3.04. The van der Waals surface area contributed by atoms with Gasteiger partial charge in [-0.05, 0) is 31.4 Å². The minimum atomic E-state index is 0. The van der Waals surface area contributed by atoms with Gasteiger partial charge in [0, 0.05) is 57.9 Å². The van der Waals surface area contributed by atoms with E-state index in [2.05, 4.69) is 31.7 Å². The van der Waals surface area contributed by atoms with Crippen LogP contribution in [-0.2, 0) is 16.0 Å². The van der Waals surface area contributed by atoms with Crippen LogP contribution in [0.4, 0.5) is 0 Å². The summed E-state index contributed by atoms with van der Waals surface area (Å²) in [6, 6.07) is 4.05. The van der Waals surface area contributed by atoms with E-state index in [0.29, 0.717) is 12.5 Å². The Labute approximate surface area is 189 Å². The van der Waals surface area contributed by atoms with E-state index >= 15 is 0 Å². The number of pyridine rings is 1.